The first-order valence-corrected chi connectivity index (χ1v) is 10.5. The Labute approximate surface area is 150 Å². The summed E-state index contributed by atoms with van der Waals surface area (Å²) >= 11 is 0. The number of amides is 1. The quantitative estimate of drug-likeness (QED) is 0.799. The van der Waals surface area contributed by atoms with Crippen molar-refractivity contribution in [1.82, 2.24) is 9.62 Å². The Kier molecular flexibility index (Phi) is 6.84. The van der Waals surface area contributed by atoms with E-state index >= 15 is 0 Å². The van der Waals surface area contributed by atoms with E-state index < -0.39 is 10.0 Å². The molecule has 0 aromatic heterocycles. The number of rotatable bonds is 7. The molecule has 1 amide bonds. The number of piperidine rings is 1. The van der Waals surface area contributed by atoms with Crippen molar-refractivity contribution in [2.75, 3.05) is 26.5 Å². The van der Waals surface area contributed by atoms with Gasteiger partial charge in [-0.3, -0.25) is 4.79 Å². The lowest BCUT2D eigenvalue weighted by Gasteiger charge is -2.36. The molecule has 7 heteroatoms. The molecule has 25 heavy (non-hydrogen) atoms. The fourth-order valence-electron chi connectivity index (χ4n) is 3.43. The van der Waals surface area contributed by atoms with Crippen LogP contribution in [0.1, 0.15) is 31.7 Å². The molecular weight excluding hydrogens is 340 g/mol. The molecule has 0 unspecified atom stereocenters. The van der Waals surface area contributed by atoms with Crippen molar-refractivity contribution in [1.29, 1.82) is 0 Å². The van der Waals surface area contributed by atoms with Crippen LogP contribution in [-0.4, -0.2) is 45.1 Å². The van der Waals surface area contributed by atoms with Crippen LogP contribution in [0.5, 0.6) is 5.75 Å². The number of sulfonamides is 1. The molecule has 140 valence electrons. The summed E-state index contributed by atoms with van der Waals surface area (Å²) in [4.78, 5) is 12.3. The van der Waals surface area contributed by atoms with E-state index in [1.807, 2.05) is 24.3 Å². The first-order chi connectivity index (χ1) is 11.8. The van der Waals surface area contributed by atoms with Gasteiger partial charge in [0.25, 0.3) is 0 Å². The highest BCUT2D eigenvalue weighted by Crippen LogP contribution is 2.30. The number of methoxy groups -OCH3 is 1. The number of hydrogen-bond donors (Lipinski definition) is 1. The molecule has 1 aliphatic rings. The van der Waals surface area contributed by atoms with Gasteiger partial charge in [-0.25, -0.2) is 12.7 Å². The van der Waals surface area contributed by atoms with Crippen LogP contribution in [0, 0.1) is 11.8 Å². The van der Waals surface area contributed by atoms with E-state index in [0.717, 1.165) is 24.2 Å². The van der Waals surface area contributed by atoms with Crippen molar-refractivity contribution in [3.63, 3.8) is 0 Å². The molecule has 1 aromatic rings. The molecule has 0 bridgehead atoms. The highest BCUT2D eigenvalue weighted by Gasteiger charge is 2.33. The van der Waals surface area contributed by atoms with Crippen molar-refractivity contribution < 1.29 is 17.9 Å². The molecule has 1 aromatic carbocycles. The maximum atomic E-state index is 12.3. The third-order valence-corrected chi connectivity index (χ3v) is 6.23. The highest BCUT2D eigenvalue weighted by atomic mass is 32.2. The average Bonchev–Trinajstić information content (AvgIpc) is 2.59. The van der Waals surface area contributed by atoms with Crippen molar-refractivity contribution >= 4 is 15.9 Å². The van der Waals surface area contributed by atoms with Gasteiger partial charge in [0.2, 0.25) is 15.9 Å². The minimum atomic E-state index is -3.16. The van der Waals surface area contributed by atoms with Crippen LogP contribution >= 0.6 is 0 Å². The molecule has 2 rings (SSSR count). The maximum absolute atomic E-state index is 12.3. The van der Waals surface area contributed by atoms with Crippen molar-refractivity contribution in [2.24, 2.45) is 11.8 Å². The van der Waals surface area contributed by atoms with Crippen LogP contribution in [0.3, 0.4) is 0 Å². The Morgan fingerprint density at radius 3 is 2.68 bits per heavy atom. The standard InChI is InChI=1S/C18H28N2O4S/c1-4-14-13-20(25(3,22)23)10-9-15(14)11-18(21)19-12-16-7-5-6-8-17(16)24-2/h5-8,14-15H,4,9-13H2,1-3H3,(H,19,21)/t14-,15-/m0/s1. The molecule has 1 heterocycles. The molecular formula is C18H28N2O4S. The summed E-state index contributed by atoms with van der Waals surface area (Å²) < 4.78 is 30.3. The lowest BCUT2D eigenvalue weighted by atomic mass is 9.82. The summed E-state index contributed by atoms with van der Waals surface area (Å²) in [5, 5.41) is 2.96. The lowest BCUT2D eigenvalue weighted by Crippen LogP contribution is -2.44. The van der Waals surface area contributed by atoms with E-state index in [2.05, 4.69) is 12.2 Å². The zero-order valence-electron chi connectivity index (χ0n) is 15.2. The van der Waals surface area contributed by atoms with E-state index in [1.54, 1.807) is 7.11 Å². The fourth-order valence-corrected chi connectivity index (χ4v) is 4.33. The molecule has 2 atom stereocenters. The predicted molar refractivity (Wildman–Crippen MR) is 97.8 cm³/mol. The van der Waals surface area contributed by atoms with Gasteiger partial charge in [-0.15, -0.1) is 0 Å². The number of ether oxygens (including phenoxy) is 1. The minimum absolute atomic E-state index is 0.00200. The molecule has 0 saturated carbocycles. The van der Waals surface area contributed by atoms with Crippen molar-refractivity contribution in [3.05, 3.63) is 29.8 Å². The van der Waals surface area contributed by atoms with Gasteiger partial charge < -0.3 is 10.1 Å². The smallest absolute Gasteiger partial charge is 0.220 e. The van der Waals surface area contributed by atoms with Crippen LogP contribution in [0.4, 0.5) is 0 Å². The lowest BCUT2D eigenvalue weighted by molar-refractivity contribution is -0.122. The van der Waals surface area contributed by atoms with Crippen molar-refractivity contribution in [2.45, 2.75) is 32.7 Å². The molecule has 1 N–H and O–H groups in total. The summed E-state index contributed by atoms with van der Waals surface area (Å²) in [5.41, 5.74) is 0.942. The number of carbonyl (C=O) groups excluding carboxylic acids is 1. The van der Waals surface area contributed by atoms with Crippen molar-refractivity contribution in [3.8, 4) is 5.75 Å². The average molecular weight is 368 g/mol. The number of para-hydroxylation sites is 1. The van der Waals surface area contributed by atoms with Crippen LogP contribution in [-0.2, 0) is 21.4 Å². The molecule has 1 aliphatic heterocycles. The zero-order chi connectivity index (χ0) is 18.4. The number of benzene rings is 1. The second-order valence-corrected chi connectivity index (χ2v) is 8.61. The Morgan fingerprint density at radius 2 is 2.04 bits per heavy atom. The first-order valence-electron chi connectivity index (χ1n) is 8.68. The monoisotopic (exact) mass is 368 g/mol. The van der Waals surface area contributed by atoms with Crippen LogP contribution < -0.4 is 10.1 Å². The Balaban J connectivity index is 1.89. The summed E-state index contributed by atoms with van der Waals surface area (Å²) in [6.07, 6.45) is 3.29. The number of carbonyl (C=O) groups is 1. The molecule has 0 radical (unpaired) electrons. The topological polar surface area (TPSA) is 75.7 Å². The van der Waals surface area contributed by atoms with Gasteiger partial charge >= 0.3 is 0 Å². The Bertz CT molecular complexity index is 690. The second-order valence-electron chi connectivity index (χ2n) is 6.63. The molecule has 1 saturated heterocycles. The number of hydrogen-bond acceptors (Lipinski definition) is 4. The predicted octanol–water partition coefficient (Wildman–Crippen LogP) is 2.01. The number of nitrogens with zero attached hydrogens (tertiary/aromatic N) is 1. The van der Waals surface area contributed by atoms with Gasteiger partial charge in [0.15, 0.2) is 0 Å². The Hall–Kier alpha value is -1.60. The largest absolute Gasteiger partial charge is 0.496 e. The molecule has 6 nitrogen and oxygen atoms in total. The van der Waals surface area contributed by atoms with Gasteiger partial charge in [-0.2, -0.15) is 0 Å². The first kappa shape index (κ1) is 19.7. The van der Waals surface area contributed by atoms with E-state index in [9.17, 15) is 13.2 Å². The van der Waals surface area contributed by atoms with Gasteiger partial charge in [-0.1, -0.05) is 31.5 Å². The summed E-state index contributed by atoms with van der Waals surface area (Å²) in [5.74, 6) is 1.21. The molecule has 0 spiro atoms. The van der Waals surface area contributed by atoms with Gasteiger partial charge in [-0.05, 0) is 24.3 Å². The SMILES string of the molecule is CC[C@H]1CN(S(C)(=O)=O)CC[C@H]1CC(=O)NCc1ccccc1OC. The normalized spacial score (nSPS) is 21.7. The summed E-state index contributed by atoms with van der Waals surface area (Å²) in [7, 11) is -1.54. The molecule has 1 fully saturated rings. The van der Waals surface area contributed by atoms with Crippen LogP contribution in [0.25, 0.3) is 0 Å². The van der Waals surface area contributed by atoms with Crippen LogP contribution in [0.15, 0.2) is 24.3 Å². The Morgan fingerprint density at radius 1 is 1.32 bits per heavy atom. The van der Waals surface area contributed by atoms with Gasteiger partial charge in [0, 0.05) is 31.6 Å². The minimum Gasteiger partial charge on any atom is -0.496 e. The van der Waals surface area contributed by atoms with Gasteiger partial charge in [0.05, 0.1) is 13.4 Å². The number of nitrogens with one attached hydrogen (secondary N) is 1. The van der Waals surface area contributed by atoms with Crippen LogP contribution in [0.2, 0.25) is 0 Å². The fraction of sp³-hybridized carbons (Fsp3) is 0.611. The zero-order valence-corrected chi connectivity index (χ0v) is 16.0. The maximum Gasteiger partial charge on any atom is 0.220 e. The highest BCUT2D eigenvalue weighted by molar-refractivity contribution is 7.88. The van der Waals surface area contributed by atoms with Gasteiger partial charge in [0.1, 0.15) is 5.75 Å². The van der Waals surface area contributed by atoms with E-state index in [1.165, 1.54) is 10.6 Å². The van der Waals surface area contributed by atoms with E-state index in [4.69, 9.17) is 4.74 Å². The second kappa shape index (κ2) is 8.67. The van der Waals surface area contributed by atoms with E-state index in [0.29, 0.717) is 26.1 Å². The third kappa shape index (κ3) is 5.44. The summed E-state index contributed by atoms with van der Waals surface area (Å²) in [6.45, 7) is 3.50. The summed E-state index contributed by atoms with van der Waals surface area (Å²) in [6, 6.07) is 7.61. The molecule has 0 aliphatic carbocycles. The van der Waals surface area contributed by atoms with E-state index in [-0.39, 0.29) is 17.7 Å². The third-order valence-electron chi connectivity index (χ3n) is 4.96.